The second kappa shape index (κ2) is 7.40. The average molecular weight is 380 g/mol. The predicted molar refractivity (Wildman–Crippen MR) is 102 cm³/mol. The molecule has 1 fully saturated rings. The van der Waals surface area contributed by atoms with Gasteiger partial charge in [0, 0.05) is 0 Å². The van der Waals surface area contributed by atoms with Gasteiger partial charge in [-0.3, -0.25) is 9.59 Å². The van der Waals surface area contributed by atoms with E-state index in [4.69, 9.17) is 14.3 Å². The van der Waals surface area contributed by atoms with Crippen molar-refractivity contribution in [2.45, 2.75) is 64.1 Å². The quantitative estimate of drug-likeness (QED) is 0.582. The third kappa shape index (κ3) is 4.27. The molecule has 144 valence electrons. The maximum absolute atomic E-state index is 12.5. The third-order valence-corrected chi connectivity index (χ3v) is 9.85. The minimum Gasteiger partial charge on any atom is -0.480 e. The van der Waals surface area contributed by atoms with Gasteiger partial charge in [0.1, 0.15) is 18.3 Å². The van der Waals surface area contributed by atoms with Crippen LogP contribution in [0.25, 0.3) is 0 Å². The molecule has 1 saturated heterocycles. The van der Waals surface area contributed by atoms with Gasteiger partial charge in [-0.05, 0) is 37.2 Å². The van der Waals surface area contributed by atoms with Crippen molar-refractivity contribution in [1.29, 1.82) is 0 Å². The van der Waals surface area contributed by atoms with Crippen LogP contribution in [0.5, 0.6) is 5.75 Å². The Labute approximate surface area is 156 Å². The molecule has 1 heterocycles. The first-order valence-electron chi connectivity index (χ1n) is 8.86. The predicted octanol–water partition coefficient (Wildman–Crippen LogP) is 3.14. The standard InChI is InChI=1S/C19H29NO5Si/c1-13(25-26(5,6)19(2,3)4)16-17(18(23)20(16)12-15(21)22)24-14-10-8-7-9-11-14/h7-11,13,16-17H,12H2,1-6H3,(H,21,22)/t13-,16+,17-/m0/s1. The maximum Gasteiger partial charge on any atom is 0.323 e. The second-order valence-electron chi connectivity index (χ2n) is 8.29. The fourth-order valence-corrected chi connectivity index (χ4v) is 4.27. The Morgan fingerprint density at radius 1 is 1.27 bits per heavy atom. The monoisotopic (exact) mass is 379 g/mol. The van der Waals surface area contributed by atoms with Gasteiger partial charge in [0.15, 0.2) is 14.4 Å². The topological polar surface area (TPSA) is 76.1 Å². The van der Waals surface area contributed by atoms with Crippen LogP contribution < -0.4 is 4.74 Å². The van der Waals surface area contributed by atoms with Crippen molar-refractivity contribution in [3.63, 3.8) is 0 Å². The summed E-state index contributed by atoms with van der Waals surface area (Å²) in [5.41, 5.74) is 0. The number of aliphatic carboxylic acids is 1. The molecule has 0 aromatic heterocycles. The van der Waals surface area contributed by atoms with Crippen LogP contribution in [0.1, 0.15) is 27.7 Å². The Morgan fingerprint density at radius 3 is 2.35 bits per heavy atom. The number of hydrogen-bond donors (Lipinski definition) is 1. The Morgan fingerprint density at radius 2 is 1.85 bits per heavy atom. The van der Waals surface area contributed by atoms with E-state index in [0.29, 0.717) is 5.75 Å². The SMILES string of the molecule is C[C@H](O[Si](C)(C)C(C)(C)C)[C@@H]1[C@H](Oc2ccccc2)C(=O)N1CC(=O)O. The van der Waals surface area contributed by atoms with E-state index in [1.807, 2.05) is 25.1 Å². The first-order chi connectivity index (χ1) is 11.9. The highest BCUT2D eigenvalue weighted by Gasteiger charge is 2.54. The highest BCUT2D eigenvalue weighted by molar-refractivity contribution is 6.74. The van der Waals surface area contributed by atoms with Crippen molar-refractivity contribution < 1.29 is 23.9 Å². The lowest BCUT2D eigenvalue weighted by molar-refractivity contribution is -0.175. The van der Waals surface area contributed by atoms with Gasteiger partial charge in [-0.25, -0.2) is 0 Å². The van der Waals surface area contributed by atoms with E-state index >= 15 is 0 Å². The van der Waals surface area contributed by atoms with Crippen LogP contribution in [0.2, 0.25) is 18.1 Å². The molecule has 7 heteroatoms. The Balaban J connectivity index is 2.20. The van der Waals surface area contributed by atoms with E-state index in [9.17, 15) is 9.59 Å². The molecule has 0 radical (unpaired) electrons. The lowest BCUT2D eigenvalue weighted by atomic mass is 9.93. The van der Waals surface area contributed by atoms with Crippen LogP contribution in [0.15, 0.2) is 30.3 Å². The Hall–Kier alpha value is -1.86. The molecule has 1 aliphatic heterocycles. The van der Waals surface area contributed by atoms with Crippen molar-refractivity contribution in [2.24, 2.45) is 0 Å². The Bertz CT molecular complexity index is 656. The summed E-state index contributed by atoms with van der Waals surface area (Å²) in [7, 11) is -2.07. The molecule has 6 nitrogen and oxygen atoms in total. The number of carbonyl (C=O) groups is 2. The van der Waals surface area contributed by atoms with Crippen molar-refractivity contribution in [3.05, 3.63) is 30.3 Å². The second-order valence-corrected chi connectivity index (χ2v) is 13.0. The number of carboxylic acids is 1. The summed E-state index contributed by atoms with van der Waals surface area (Å²) in [5.74, 6) is -0.765. The number of amides is 1. The molecule has 1 aliphatic rings. The number of rotatable bonds is 7. The lowest BCUT2D eigenvalue weighted by Crippen LogP contribution is -2.72. The molecular weight excluding hydrogens is 350 g/mol. The van der Waals surface area contributed by atoms with Crippen molar-refractivity contribution in [2.75, 3.05) is 6.54 Å². The van der Waals surface area contributed by atoms with Crippen molar-refractivity contribution in [3.8, 4) is 5.75 Å². The smallest absolute Gasteiger partial charge is 0.323 e. The number of benzene rings is 1. The minimum atomic E-state index is -2.07. The van der Waals surface area contributed by atoms with E-state index in [2.05, 4.69) is 33.9 Å². The van der Waals surface area contributed by atoms with E-state index in [1.54, 1.807) is 12.1 Å². The summed E-state index contributed by atoms with van der Waals surface area (Å²) in [6.07, 6.45) is -1.04. The lowest BCUT2D eigenvalue weighted by Gasteiger charge is -2.50. The fourth-order valence-electron chi connectivity index (χ4n) is 2.84. The number of nitrogens with zero attached hydrogens (tertiary/aromatic N) is 1. The molecule has 2 rings (SSSR count). The van der Waals surface area contributed by atoms with Gasteiger partial charge in [-0.2, -0.15) is 0 Å². The maximum atomic E-state index is 12.5. The zero-order valence-electron chi connectivity index (χ0n) is 16.4. The number of para-hydroxylation sites is 1. The summed E-state index contributed by atoms with van der Waals surface area (Å²) >= 11 is 0. The summed E-state index contributed by atoms with van der Waals surface area (Å²) in [6, 6.07) is 8.67. The highest BCUT2D eigenvalue weighted by Crippen LogP contribution is 2.39. The number of carboxylic acid groups (broad SMARTS) is 1. The molecule has 1 amide bonds. The summed E-state index contributed by atoms with van der Waals surface area (Å²) in [5, 5.41) is 9.15. The summed E-state index contributed by atoms with van der Waals surface area (Å²) < 4.78 is 12.3. The average Bonchev–Trinajstić information content (AvgIpc) is 2.52. The van der Waals surface area contributed by atoms with E-state index in [-0.39, 0.29) is 23.6 Å². The molecule has 1 aromatic carbocycles. The van der Waals surface area contributed by atoms with Gasteiger partial charge in [-0.15, -0.1) is 0 Å². The van der Waals surface area contributed by atoms with Gasteiger partial charge in [0.25, 0.3) is 5.91 Å². The minimum absolute atomic E-state index is 0.0163. The fraction of sp³-hybridized carbons (Fsp3) is 0.579. The van der Waals surface area contributed by atoms with Crippen LogP contribution >= 0.6 is 0 Å². The number of likely N-dealkylation sites (tertiary alicyclic amines) is 1. The third-order valence-electron chi connectivity index (χ3n) is 5.28. The van der Waals surface area contributed by atoms with Crippen molar-refractivity contribution in [1.82, 2.24) is 4.90 Å². The van der Waals surface area contributed by atoms with Crippen LogP contribution in [0.3, 0.4) is 0 Å². The molecule has 0 spiro atoms. The molecular formula is C19H29NO5Si. The van der Waals surface area contributed by atoms with E-state index < -0.39 is 26.4 Å². The first-order valence-corrected chi connectivity index (χ1v) is 11.8. The van der Waals surface area contributed by atoms with Crippen LogP contribution in [0.4, 0.5) is 0 Å². The molecule has 1 aromatic rings. The van der Waals surface area contributed by atoms with Crippen LogP contribution in [-0.2, 0) is 14.0 Å². The van der Waals surface area contributed by atoms with Crippen molar-refractivity contribution >= 4 is 20.2 Å². The number of ether oxygens (including phenoxy) is 1. The van der Waals surface area contributed by atoms with E-state index in [1.165, 1.54) is 4.90 Å². The van der Waals surface area contributed by atoms with Crippen LogP contribution in [0, 0.1) is 0 Å². The summed E-state index contributed by atoms with van der Waals surface area (Å²) in [6.45, 7) is 12.3. The Kier molecular flexibility index (Phi) is 5.82. The normalized spacial score (nSPS) is 21.9. The first kappa shape index (κ1) is 20.4. The van der Waals surface area contributed by atoms with Gasteiger partial charge in [0.2, 0.25) is 0 Å². The van der Waals surface area contributed by atoms with Gasteiger partial charge < -0.3 is 19.2 Å². The molecule has 1 N–H and O–H groups in total. The number of carbonyl (C=O) groups excluding carboxylic acids is 1. The van der Waals surface area contributed by atoms with Gasteiger partial charge in [-0.1, -0.05) is 39.0 Å². The molecule has 0 aliphatic carbocycles. The van der Waals surface area contributed by atoms with E-state index in [0.717, 1.165) is 0 Å². The molecule has 3 atom stereocenters. The highest BCUT2D eigenvalue weighted by atomic mass is 28.4. The van der Waals surface area contributed by atoms with Gasteiger partial charge >= 0.3 is 5.97 Å². The molecule has 0 bridgehead atoms. The van der Waals surface area contributed by atoms with Crippen LogP contribution in [-0.4, -0.2) is 55.0 Å². The summed E-state index contributed by atoms with van der Waals surface area (Å²) in [4.78, 5) is 25.0. The zero-order valence-corrected chi connectivity index (χ0v) is 17.4. The number of hydrogen-bond acceptors (Lipinski definition) is 4. The molecule has 26 heavy (non-hydrogen) atoms. The zero-order chi connectivity index (χ0) is 19.7. The number of β-lactam (4-membered cyclic amide) rings is 1. The molecule has 0 saturated carbocycles. The molecule has 0 unspecified atom stereocenters. The largest absolute Gasteiger partial charge is 0.480 e. The van der Waals surface area contributed by atoms with Gasteiger partial charge in [0.05, 0.1) is 6.10 Å².